The van der Waals surface area contributed by atoms with Crippen molar-refractivity contribution in [3.63, 3.8) is 0 Å². The van der Waals surface area contributed by atoms with Crippen LogP contribution in [-0.2, 0) is 13.0 Å². The van der Waals surface area contributed by atoms with E-state index in [9.17, 15) is 0 Å². The SMILES string of the molecule is COc1ccc(Br)cc1CNCCc1ccsc1. The maximum absolute atomic E-state index is 5.34. The molecule has 0 spiro atoms. The van der Waals surface area contributed by atoms with Gasteiger partial charge in [0.1, 0.15) is 5.75 Å². The number of hydrogen-bond acceptors (Lipinski definition) is 3. The molecule has 1 heterocycles. The molecule has 96 valence electrons. The highest BCUT2D eigenvalue weighted by Crippen LogP contribution is 2.22. The molecule has 0 atom stereocenters. The summed E-state index contributed by atoms with van der Waals surface area (Å²) in [6.45, 7) is 1.80. The summed E-state index contributed by atoms with van der Waals surface area (Å²) in [4.78, 5) is 0. The van der Waals surface area contributed by atoms with Crippen LogP contribution in [0.15, 0.2) is 39.5 Å². The molecule has 0 bridgehead atoms. The highest BCUT2D eigenvalue weighted by molar-refractivity contribution is 9.10. The highest BCUT2D eigenvalue weighted by Gasteiger charge is 2.03. The Kier molecular flexibility index (Phi) is 5.23. The lowest BCUT2D eigenvalue weighted by Gasteiger charge is -2.10. The molecule has 0 amide bonds. The molecule has 0 aliphatic rings. The van der Waals surface area contributed by atoms with Crippen LogP contribution in [0.25, 0.3) is 0 Å². The zero-order chi connectivity index (χ0) is 12.8. The van der Waals surface area contributed by atoms with Crippen molar-refractivity contribution in [2.75, 3.05) is 13.7 Å². The quantitative estimate of drug-likeness (QED) is 0.814. The van der Waals surface area contributed by atoms with Gasteiger partial charge in [0.2, 0.25) is 0 Å². The minimum atomic E-state index is 0.826. The Labute approximate surface area is 120 Å². The predicted octanol–water partition coefficient (Wildman–Crippen LogP) is 3.85. The highest BCUT2D eigenvalue weighted by atomic mass is 79.9. The first-order chi connectivity index (χ1) is 8.79. The van der Waals surface area contributed by atoms with Gasteiger partial charge in [-0.1, -0.05) is 15.9 Å². The first-order valence-electron chi connectivity index (χ1n) is 5.84. The van der Waals surface area contributed by atoms with E-state index in [1.165, 1.54) is 11.1 Å². The number of rotatable bonds is 6. The van der Waals surface area contributed by atoms with Gasteiger partial charge in [-0.25, -0.2) is 0 Å². The van der Waals surface area contributed by atoms with Gasteiger partial charge in [0, 0.05) is 16.6 Å². The topological polar surface area (TPSA) is 21.3 Å². The van der Waals surface area contributed by atoms with Gasteiger partial charge >= 0.3 is 0 Å². The van der Waals surface area contributed by atoms with Crippen LogP contribution in [0, 0.1) is 0 Å². The average molecular weight is 326 g/mol. The third-order valence-corrected chi connectivity index (χ3v) is 3.95. The Bertz CT molecular complexity index is 485. The summed E-state index contributed by atoms with van der Waals surface area (Å²) < 4.78 is 6.43. The van der Waals surface area contributed by atoms with E-state index in [1.54, 1.807) is 18.4 Å². The van der Waals surface area contributed by atoms with Crippen molar-refractivity contribution in [2.24, 2.45) is 0 Å². The van der Waals surface area contributed by atoms with Crippen molar-refractivity contribution in [3.05, 3.63) is 50.6 Å². The van der Waals surface area contributed by atoms with Crippen LogP contribution in [0.1, 0.15) is 11.1 Å². The minimum Gasteiger partial charge on any atom is -0.496 e. The van der Waals surface area contributed by atoms with Crippen LogP contribution >= 0.6 is 27.3 Å². The molecule has 0 fully saturated rings. The van der Waals surface area contributed by atoms with E-state index in [-0.39, 0.29) is 0 Å². The van der Waals surface area contributed by atoms with Crippen molar-refractivity contribution in [2.45, 2.75) is 13.0 Å². The van der Waals surface area contributed by atoms with Crippen LogP contribution in [-0.4, -0.2) is 13.7 Å². The maximum atomic E-state index is 5.34. The molecule has 0 unspecified atom stereocenters. The molecule has 18 heavy (non-hydrogen) atoms. The molecule has 0 saturated heterocycles. The Morgan fingerprint density at radius 3 is 2.94 bits per heavy atom. The third kappa shape index (κ3) is 3.83. The predicted molar refractivity (Wildman–Crippen MR) is 80.4 cm³/mol. The standard InChI is InChI=1S/C14H16BrNOS/c1-17-14-3-2-13(15)8-12(14)9-16-6-4-11-5-7-18-10-11/h2-3,5,7-8,10,16H,4,6,9H2,1H3. The lowest BCUT2D eigenvalue weighted by Crippen LogP contribution is -2.17. The summed E-state index contributed by atoms with van der Waals surface area (Å²) >= 11 is 5.23. The van der Waals surface area contributed by atoms with Gasteiger partial charge in [0.05, 0.1) is 7.11 Å². The van der Waals surface area contributed by atoms with Crippen LogP contribution < -0.4 is 10.1 Å². The van der Waals surface area contributed by atoms with Gasteiger partial charge in [0.15, 0.2) is 0 Å². The molecule has 2 rings (SSSR count). The summed E-state index contributed by atoms with van der Waals surface area (Å²) in [6, 6.07) is 8.25. The largest absolute Gasteiger partial charge is 0.496 e. The molecule has 0 radical (unpaired) electrons. The van der Waals surface area contributed by atoms with Crippen LogP contribution in [0.3, 0.4) is 0 Å². The first kappa shape index (κ1) is 13.6. The van der Waals surface area contributed by atoms with Crippen LogP contribution in [0.5, 0.6) is 5.75 Å². The van der Waals surface area contributed by atoms with Crippen molar-refractivity contribution in [1.29, 1.82) is 0 Å². The van der Waals surface area contributed by atoms with Crippen molar-refractivity contribution in [3.8, 4) is 5.75 Å². The molecule has 2 nitrogen and oxygen atoms in total. The third-order valence-electron chi connectivity index (χ3n) is 2.73. The average Bonchev–Trinajstić information content (AvgIpc) is 2.88. The van der Waals surface area contributed by atoms with Crippen LogP contribution in [0.2, 0.25) is 0 Å². The zero-order valence-corrected chi connectivity index (χ0v) is 12.7. The zero-order valence-electron chi connectivity index (χ0n) is 10.3. The first-order valence-corrected chi connectivity index (χ1v) is 7.57. The Balaban J connectivity index is 1.84. The molecule has 1 N–H and O–H groups in total. The summed E-state index contributed by atoms with van der Waals surface area (Å²) in [5.74, 6) is 0.932. The molecule has 0 aliphatic carbocycles. The number of ether oxygens (including phenoxy) is 1. The van der Waals surface area contributed by atoms with E-state index in [1.807, 2.05) is 12.1 Å². The second-order valence-electron chi connectivity index (χ2n) is 4.01. The molecule has 1 aromatic heterocycles. The number of nitrogens with one attached hydrogen (secondary N) is 1. The number of benzene rings is 1. The van der Waals surface area contributed by atoms with Crippen LogP contribution in [0.4, 0.5) is 0 Å². The molecule has 1 aromatic carbocycles. The molecule has 0 saturated carbocycles. The van der Waals surface area contributed by atoms with Crippen molar-refractivity contribution < 1.29 is 4.74 Å². The summed E-state index contributed by atoms with van der Waals surface area (Å²) in [7, 11) is 1.71. The van der Waals surface area contributed by atoms with Gasteiger partial charge < -0.3 is 10.1 Å². The normalized spacial score (nSPS) is 10.6. The molecule has 4 heteroatoms. The van der Waals surface area contributed by atoms with E-state index in [0.29, 0.717) is 0 Å². The van der Waals surface area contributed by atoms with E-state index < -0.39 is 0 Å². The van der Waals surface area contributed by atoms with E-state index >= 15 is 0 Å². The number of methoxy groups -OCH3 is 1. The van der Waals surface area contributed by atoms with Gasteiger partial charge in [0.25, 0.3) is 0 Å². The summed E-state index contributed by atoms with van der Waals surface area (Å²) in [5.41, 5.74) is 2.57. The summed E-state index contributed by atoms with van der Waals surface area (Å²) in [6.07, 6.45) is 1.07. The second kappa shape index (κ2) is 6.92. The number of halogens is 1. The van der Waals surface area contributed by atoms with Gasteiger partial charge in [-0.05, 0) is 53.6 Å². The molecule has 0 aliphatic heterocycles. The fourth-order valence-electron chi connectivity index (χ4n) is 1.78. The Morgan fingerprint density at radius 2 is 2.22 bits per heavy atom. The fraction of sp³-hybridized carbons (Fsp3) is 0.286. The van der Waals surface area contributed by atoms with Gasteiger partial charge in [-0.15, -0.1) is 0 Å². The van der Waals surface area contributed by atoms with E-state index in [0.717, 1.165) is 29.7 Å². The minimum absolute atomic E-state index is 0.826. The number of thiophene rings is 1. The van der Waals surface area contributed by atoms with E-state index in [2.05, 4.69) is 44.1 Å². The van der Waals surface area contributed by atoms with Crippen molar-refractivity contribution >= 4 is 27.3 Å². The Morgan fingerprint density at radius 1 is 1.33 bits per heavy atom. The molecule has 2 aromatic rings. The Hall–Kier alpha value is -0.840. The molecular weight excluding hydrogens is 310 g/mol. The fourth-order valence-corrected chi connectivity index (χ4v) is 2.89. The van der Waals surface area contributed by atoms with E-state index in [4.69, 9.17) is 4.74 Å². The number of hydrogen-bond donors (Lipinski definition) is 1. The lowest BCUT2D eigenvalue weighted by atomic mass is 10.2. The van der Waals surface area contributed by atoms with Crippen molar-refractivity contribution in [1.82, 2.24) is 5.32 Å². The van der Waals surface area contributed by atoms with Gasteiger partial charge in [-0.2, -0.15) is 11.3 Å². The maximum Gasteiger partial charge on any atom is 0.123 e. The van der Waals surface area contributed by atoms with Gasteiger partial charge in [-0.3, -0.25) is 0 Å². The summed E-state index contributed by atoms with van der Waals surface area (Å²) in [5, 5.41) is 7.76. The smallest absolute Gasteiger partial charge is 0.123 e. The monoisotopic (exact) mass is 325 g/mol. The second-order valence-corrected chi connectivity index (χ2v) is 5.71. The lowest BCUT2D eigenvalue weighted by molar-refractivity contribution is 0.407. The molecular formula is C14H16BrNOS.